The van der Waals surface area contributed by atoms with Gasteiger partial charge in [-0.25, -0.2) is 0 Å². The van der Waals surface area contributed by atoms with Crippen LogP contribution in [0.25, 0.3) is 0 Å². The van der Waals surface area contributed by atoms with E-state index in [1.54, 1.807) is 58.0 Å². The fraction of sp³-hybridized carbons (Fsp3) is 0.429. The van der Waals surface area contributed by atoms with Gasteiger partial charge in [0.1, 0.15) is 0 Å². The first-order valence-corrected chi connectivity index (χ1v) is 13.7. The second-order valence-corrected chi connectivity index (χ2v) is 11.5. The predicted molar refractivity (Wildman–Crippen MR) is 136 cm³/mol. The van der Waals surface area contributed by atoms with Gasteiger partial charge in [0.25, 0.3) is 0 Å². The number of ketones is 1. The fourth-order valence-electron chi connectivity index (χ4n) is 4.10. The topological polar surface area (TPSA) is 136 Å². The number of ether oxygens (including phenoxy) is 2. The van der Waals surface area contributed by atoms with Crippen LogP contribution in [0.2, 0.25) is 0 Å². The number of aromatic hydroxyl groups is 1. The van der Waals surface area contributed by atoms with Crippen molar-refractivity contribution in [3.05, 3.63) is 59.7 Å². The molecule has 0 aliphatic carbocycles. The van der Waals surface area contributed by atoms with E-state index in [4.69, 9.17) is 9.47 Å². The zero-order valence-corrected chi connectivity index (χ0v) is 23.3. The van der Waals surface area contributed by atoms with Crippen LogP contribution >= 0.6 is 0 Å². The first kappa shape index (κ1) is 30.8. The molecule has 1 amide bonds. The molecule has 0 aliphatic rings. The van der Waals surface area contributed by atoms with Crippen molar-refractivity contribution < 1.29 is 51.2 Å². The van der Waals surface area contributed by atoms with Gasteiger partial charge in [0.2, 0.25) is 0 Å². The van der Waals surface area contributed by atoms with E-state index >= 15 is 0 Å². The third-order valence-electron chi connectivity index (χ3n) is 6.05. The summed E-state index contributed by atoms with van der Waals surface area (Å²) in [5.41, 5.74) is -1.80. The van der Waals surface area contributed by atoms with Crippen LogP contribution < -0.4 is 9.81 Å². The minimum atomic E-state index is -2.08. The molecule has 0 aliphatic heterocycles. The van der Waals surface area contributed by atoms with E-state index in [1.165, 1.54) is 25.3 Å². The van der Waals surface area contributed by atoms with Crippen LogP contribution in [0.5, 0.6) is 5.75 Å². The van der Waals surface area contributed by atoms with Gasteiger partial charge in [0.15, 0.2) is 0 Å². The second kappa shape index (κ2) is 13.4. The Labute approximate surface area is 226 Å². The number of carbonyl (C=O) groups excluding carboxylic acids is 4. The van der Waals surface area contributed by atoms with Crippen molar-refractivity contribution in [2.24, 2.45) is 10.8 Å². The van der Waals surface area contributed by atoms with Gasteiger partial charge < -0.3 is 0 Å². The summed E-state index contributed by atoms with van der Waals surface area (Å²) in [6.07, 6.45) is 0.150. The van der Waals surface area contributed by atoms with Gasteiger partial charge in [-0.2, -0.15) is 0 Å². The van der Waals surface area contributed by atoms with Gasteiger partial charge in [0, 0.05) is 0 Å². The van der Waals surface area contributed by atoms with Crippen molar-refractivity contribution in [2.45, 2.75) is 47.0 Å². The summed E-state index contributed by atoms with van der Waals surface area (Å²) >= 11 is -2.08. The van der Waals surface area contributed by atoms with Crippen LogP contribution in [-0.2, 0) is 41.3 Å². The van der Waals surface area contributed by atoms with Gasteiger partial charge in [-0.15, -0.1) is 0 Å². The Hall–Kier alpha value is -3.37. The number of carbonyl (C=O) groups is 4. The molecule has 0 spiro atoms. The molecule has 2 N–H and O–H groups in total. The van der Waals surface area contributed by atoms with E-state index in [-0.39, 0.29) is 52.9 Å². The maximum atomic E-state index is 12.8. The zero-order chi connectivity index (χ0) is 28.5. The molecular weight excluding hydrogens is 537 g/mol. The fourth-order valence-corrected chi connectivity index (χ4v) is 5.28. The summed E-state index contributed by atoms with van der Waals surface area (Å²) in [5.74, 6) is -2.09. The number of phenols is 1. The number of benzene rings is 2. The average Bonchev–Trinajstić information content (AvgIpc) is 2.89. The Morgan fingerprint density at radius 3 is 2.24 bits per heavy atom. The molecule has 0 saturated heterocycles. The third-order valence-corrected chi connectivity index (χ3v) is 7.56. The zero-order valence-electron chi connectivity index (χ0n) is 22.3. The van der Waals surface area contributed by atoms with E-state index in [2.05, 4.69) is 5.32 Å². The van der Waals surface area contributed by atoms with Crippen LogP contribution in [0.3, 0.4) is 0 Å². The Morgan fingerprint density at radius 2 is 1.66 bits per heavy atom. The Balaban J connectivity index is 2.01. The van der Waals surface area contributed by atoms with Crippen LogP contribution in [0, 0.1) is 10.8 Å². The number of rotatable bonds is 13. The second-order valence-electron chi connectivity index (χ2n) is 9.66. The first-order chi connectivity index (χ1) is 17.8. The number of phenolic OH excluding ortho intramolecular Hbond substituents is 1. The number of methoxy groups -OCH3 is 1. The van der Waals surface area contributed by atoms with E-state index in [0.717, 1.165) is 0 Å². The summed E-state index contributed by atoms with van der Waals surface area (Å²) in [5, 5.41) is 12.9. The van der Waals surface area contributed by atoms with Crippen LogP contribution in [0.4, 0.5) is 0 Å². The molecule has 1 atom stereocenters. The van der Waals surface area contributed by atoms with Crippen molar-refractivity contribution in [2.75, 3.05) is 19.2 Å². The maximum absolute atomic E-state index is 12.8. The molecule has 2 aromatic rings. The number of nitrogens with one attached hydrogen (secondary N) is 1. The van der Waals surface area contributed by atoms with Gasteiger partial charge in [0.05, 0.1) is 0 Å². The number of amides is 1. The molecule has 1 unspecified atom stereocenters. The summed E-state index contributed by atoms with van der Waals surface area (Å²) in [4.78, 5) is 50.0. The van der Waals surface area contributed by atoms with Gasteiger partial charge in [-0.1, -0.05) is 0 Å². The summed E-state index contributed by atoms with van der Waals surface area (Å²) in [6.45, 7) is 6.80. The summed E-state index contributed by atoms with van der Waals surface area (Å²) in [7, 11) is 1.27. The summed E-state index contributed by atoms with van der Waals surface area (Å²) < 4.78 is 23.1. The molecule has 38 heavy (non-hydrogen) atoms. The molecule has 9 nitrogen and oxygen atoms in total. The summed E-state index contributed by atoms with van der Waals surface area (Å²) in [6, 6.07) is 12.6. The standard InChI is InChI=1S/C15H26NO5.C13H9O2.Co.O/c1-7-21-13(19)15(4,9-8-11(17)16-5)10-14(2,3)12(18)20-6;14-12-9-5-4-8-11(12)13(15)10-6-2-1-3-7-10;;/h5,7-10H2,1-4,6H3,(H,16,17);1-4,6-9,14H;;. The molecule has 209 valence electrons. The Morgan fingerprint density at radius 1 is 1.00 bits per heavy atom. The van der Waals surface area contributed by atoms with Crippen LogP contribution in [0.15, 0.2) is 48.5 Å². The Bertz CT molecular complexity index is 1190. The van der Waals surface area contributed by atoms with Crippen molar-refractivity contribution >= 4 is 28.1 Å². The van der Waals surface area contributed by atoms with E-state index < -0.39 is 42.3 Å². The van der Waals surface area contributed by atoms with Crippen LogP contribution in [0.1, 0.15) is 62.9 Å². The number of esters is 2. The minimum absolute atomic E-state index is 0.0644. The van der Waals surface area contributed by atoms with Gasteiger partial charge in [-0.3, -0.25) is 0 Å². The van der Waals surface area contributed by atoms with E-state index in [1.807, 2.05) is 0 Å². The number of hydrogen-bond donors (Lipinski definition) is 2. The SMILES string of the molecule is CCOC(=O)C(C)(CCC(=O)N[CH2][Co](=[O])[c]1ccc(C(=O)c2ccccc2)c(O)c1)CC(C)(C)C(=O)OC. The number of hydrogen-bond acceptors (Lipinski definition) is 8. The van der Waals surface area contributed by atoms with Crippen molar-refractivity contribution in [3.63, 3.8) is 0 Å². The van der Waals surface area contributed by atoms with Crippen molar-refractivity contribution in [3.8, 4) is 5.75 Å². The Kier molecular flexibility index (Phi) is 10.9. The van der Waals surface area contributed by atoms with Gasteiger partial charge in [-0.05, 0) is 0 Å². The van der Waals surface area contributed by atoms with E-state index in [9.17, 15) is 28.2 Å². The molecule has 2 rings (SSSR count). The van der Waals surface area contributed by atoms with Crippen LogP contribution in [-0.4, -0.2) is 47.9 Å². The van der Waals surface area contributed by atoms with E-state index in [0.29, 0.717) is 5.56 Å². The molecular formula is C28H35CoNO8. The average molecular weight is 573 g/mol. The predicted octanol–water partition coefficient (Wildman–Crippen LogP) is 3.22. The first-order valence-electron chi connectivity index (χ1n) is 12.1. The van der Waals surface area contributed by atoms with Gasteiger partial charge >= 0.3 is 227 Å². The molecule has 0 fully saturated rings. The monoisotopic (exact) mass is 572 g/mol. The molecule has 0 saturated carbocycles. The third kappa shape index (κ3) is 8.06. The van der Waals surface area contributed by atoms with Crippen molar-refractivity contribution in [1.29, 1.82) is 0 Å². The molecule has 0 radical (unpaired) electrons. The molecule has 0 heterocycles. The molecule has 2 aromatic carbocycles. The molecule has 10 heteroatoms. The quantitative estimate of drug-likeness (QED) is 0.276. The molecule has 0 bridgehead atoms. The van der Waals surface area contributed by atoms with Crippen molar-refractivity contribution in [1.82, 2.24) is 5.32 Å². The normalized spacial score (nSPS) is 13.1. The molecule has 0 aromatic heterocycles.